The summed E-state index contributed by atoms with van der Waals surface area (Å²) in [5.41, 5.74) is 0. The maximum Gasteiger partial charge on any atom is 0.135 e. The second-order valence-corrected chi connectivity index (χ2v) is 2.68. The molecule has 0 atom stereocenters. The molecule has 0 fully saturated rings. The first kappa shape index (κ1) is 10.1. The number of rotatable bonds is 6. The summed E-state index contributed by atoms with van der Waals surface area (Å²) in [6.45, 7) is 2.15. The van der Waals surface area contributed by atoms with E-state index in [4.69, 9.17) is 9.47 Å². The van der Waals surface area contributed by atoms with Crippen molar-refractivity contribution >= 4 is 0 Å². The predicted octanol–water partition coefficient (Wildman–Crippen LogP) is 0.113. The fraction of sp³-hybridized carbons (Fsp3) is 0.750. The quantitative estimate of drug-likeness (QED) is 0.631. The molecule has 0 radical (unpaired) electrons. The third-order valence-electron chi connectivity index (χ3n) is 1.76. The average molecular weight is 185 g/mol. The van der Waals surface area contributed by atoms with Gasteiger partial charge in [0.25, 0.3) is 0 Å². The van der Waals surface area contributed by atoms with Gasteiger partial charge in [0, 0.05) is 27.2 Å². The van der Waals surface area contributed by atoms with Crippen molar-refractivity contribution in [2.24, 2.45) is 0 Å². The summed E-state index contributed by atoms with van der Waals surface area (Å²) in [5.74, 6) is 0.943. The van der Waals surface area contributed by atoms with Crippen LogP contribution in [0.2, 0.25) is 0 Å². The smallest absolute Gasteiger partial charge is 0.135 e. The Balaban J connectivity index is 2.45. The Morgan fingerprint density at radius 2 is 2.08 bits per heavy atom. The summed E-state index contributed by atoms with van der Waals surface area (Å²) in [7, 11) is 3.36. The molecule has 5 heteroatoms. The van der Waals surface area contributed by atoms with Crippen LogP contribution < -0.4 is 0 Å². The molecule has 0 spiro atoms. The van der Waals surface area contributed by atoms with E-state index in [1.165, 1.54) is 0 Å². The van der Waals surface area contributed by atoms with E-state index in [9.17, 15) is 0 Å². The highest BCUT2D eigenvalue weighted by Crippen LogP contribution is 1.96. The van der Waals surface area contributed by atoms with E-state index in [2.05, 4.69) is 10.2 Å². The van der Waals surface area contributed by atoms with Gasteiger partial charge >= 0.3 is 0 Å². The minimum atomic E-state index is 0.672. The van der Waals surface area contributed by atoms with Crippen LogP contribution in [-0.2, 0) is 22.4 Å². The van der Waals surface area contributed by atoms with Crippen molar-refractivity contribution in [3.05, 3.63) is 12.2 Å². The lowest BCUT2D eigenvalue weighted by Crippen LogP contribution is -2.09. The van der Waals surface area contributed by atoms with Crippen LogP contribution in [0.25, 0.3) is 0 Å². The lowest BCUT2D eigenvalue weighted by molar-refractivity contribution is 0.182. The molecule has 0 amide bonds. The van der Waals surface area contributed by atoms with Gasteiger partial charge in [-0.3, -0.25) is 0 Å². The van der Waals surface area contributed by atoms with E-state index >= 15 is 0 Å². The van der Waals surface area contributed by atoms with E-state index < -0.39 is 0 Å². The second-order valence-electron chi connectivity index (χ2n) is 2.68. The molecule has 0 bridgehead atoms. The van der Waals surface area contributed by atoms with Crippen LogP contribution in [0.5, 0.6) is 0 Å². The number of hydrogen-bond donors (Lipinski definition) is 0. The molecule has 13 heavy (non-hydrogen) atoms. The van der Waals surface area contributed by atoms with Crippen LogP contribution in [0.15, 0.2) is 6.33 Å². The van der Waals surface area contributed by atoms with E-state index in [-0.39, 0.29) is 0 Å². The zero-order chi connectivity index (χ0) is 9.52. The molecule has 0 saturated heterocycles. The van der Waals surface area contributed by atoms with Gasteiger partial charge in [-0.25, -0.2) is 0 Å². The minimum absolute atomic E-state index is 0.672. The van der Waals surface area contributed by atoms with Gasteiger partial charge < -0.3 is 14.0 Å². The first-order valence-corrected chi connectivity index (χ1v) is 4.23. The zero-order valence-corrected chi connectivity index (χ0v) is 8.06. The fourth-order valence-corrected chi connectivity index (χ4v) is 1.04. The molecule has 0 saturated carbocycles. The third kappa shape index (κ3) is 3.12. The average Bonchev–Trinajstić information content (AvgIpc) is 2.59. The molecule has 74 valence electrons. The molecular formula is C8H15N3O2. The molecule has 0 N–H and O–H groups in total. The van der Waals surface area contributed by atoms with Gasteiger partial charge in [0.1, 0.15) is 12.2 Å². The topological polar surface area (TPSA) is 49.2 Å². The first-order valence-electron chi connectivity index (χ1n) is 4.23. The number of methoxy groups -OCH3 is 2. The SMILES string of the molecule is COCCc1nncn1CCOC. The van der Waals surface area contributed by atoms with Crippen LogP contribution >= 0.6 is 0 Å². The summed E-state index contributed by atoms with van der Waals surface area (Å²) in [6.07, 6.45) is 2.50. The van der Waals surface area contributed by atoms with Gasteiger partial charge in [0.05, 0.1) is 13.2 Å². The fourth-order valence-electron chi connectivity index (χ4n) is 1.04. The summed E-state index contributed by atoms with van der Waals surface area (Å²) in [6, 6.07) is 0. The highest BCUT2D eigenvalue weighted by molar-refractivity contribution is 4.85. The number of hydrogen-bond acceptors (Lipinski definition) is 4. The van der Waals surface area contributed by atoms with Crippen LogP contribution in [0.1, 0.15) is 5.82 Å². The van der Waals surface area contributed by atoms with Gasteiger partial charge in [-0.15, -0.1) is 10.2 Å². The molecule has 0 aliphatic carbocycles. The van der Waals surface area contributed by atoms with Gasteiger partial charge in [-0.1, -0.05) is 0 Å². The Bertz CT molecular complexity index is 215. The van der Waals surface area contributed by atoms with Gasteiger partial charge in [0.15, 0.2) is 0 Å². The van der Waals surface area contributed by atoms with E-state index in [0.29, 0.717) is 13.2 Å². The van der Waals surface area contributed by atoms with Crippen molar-refractivity contribution in [3.8, 4) is 0 Å². The van der Waals surface area contributed by atoms with Crippen LogP contribution in [0.3, 0.4) is 0 Å². The number of aromatic nitrogens is 3. The molecule has 0 unspecified atom stereocenters. The molecule has 0 aliphatic rings. The van der Waals surface area contributed by atoms with Crippen LogP contribution in [-0.4, -0.2) is 42.2 Å². The van der Waals surface area contributed by atoms with Crippen LogP contribution in [0, 0.1) is 0 Å². The zero-order valence-electron chi connectivity index (χ0n) is 8.06. The highest BCUT2D eigenvalue weighted by Gasteiger charge is 2.02. The molecule has 5 nitrogen and oxygen atoms in total. The monoisotopic (exact) mass is 185 g/mol. The Kier molecular flexibility index (Phi) is 4.42. The molecule has 1 aromatic heterocycles. The van der Waals surface area contributed by atoms with Crippen molar-refractivity contribution in [2.75, 3.05) is 27.4 Å². The Morgan fingerprint density at radius 3 is 2.77 bits per heavy atom. The molecule has 0 aromatic carbocycles. The summed E-state index contributed by atoms with van der Waals surface area (Å²) in [5, 5.41) is 7.81. The maximum atomic E-state index is 4.97. The van der Waals surface area contributed by atoms with E-state index in [0.717, 1.165) is 18.8 Å². The predicted molar refractivity (Wildman–Crippen MR) is 47.5 cm³/mol. The van der Waals surface area contributed by atoms with Gasteiger partial charge in [-0.05, 0) is 0 Å². The Morgan fingerprint density at radius 1 is 1.31 bits per heavy atom. The molecule has 0 aliphatic heterocycles. The standard InChI is InChI=1S/C8H15N3O2/c1-12-5-3-8-10-9-7-11(8)4-6-13-2/h7H,3-6H2,1-2H3. The number of nitrogens with zero attached hydrogens (tertiary/aromatic N) is 3. The Hall–Kier alpha value is -0.940. The summed E-state index contributed by atoms with van der Waals surface area (Å²) >= 11 is 0. The largest absolute Gasteiger partial charge is 0.384 e. The van der Waals surface area contributed by atoms with E-state index in [1.807, 2.05) is 4.57 Å². The van der Waals surface area contributed by atoms with Crippen molar-refractivity contribution in [1.82, 2.24) is 14.8 Å². The van der Waals surface area contributed by atoms with Crippen molar-refractivity contribution in [2.45, 2.75) is 13.0 Å². The lowest BCUT2D eigenvalue weighted by atomic mass is 10.4. The number of ether oxygens (including phenoxy) is 2. The van der Waals surface area contributed by atoms with Gasteiger partial charge in [-0.2, -0.15) is 0 Å². The van der Waals surface area contributed by atoms with Crippen molar-refractivity contribution < 1.29 is 9.47 Å². The van der Waals surface area contributed by atoms with Crippen LogP contribution in [0.4, 0.5) is 0 Å². The van der Waals surface area contributed by atoms with Crippen molar-refractivity contribution in [1.29, 1.82) is 0 Å². The third-order valence-corrected chi connectivity index (χ3v) is 1.76. The highest BCUT2D eigenvalue weighted by atomic mass is 16.5. The second kappa shape index (κ2) is 5.66. The summed E-state index contributed by atoms with van der Waals surface area (Å²) < 4.78 is 11.9. The normalized spacial score (nSPS) is 10.6. The van der Waals surface area contributed by atoms with Crippen molar-refractivity contribution in [3.63, 3.8) is 0 Å². The lowest BCUT2D eigenvalue weighted by Gasteiger charge is -2.04. The minimum Gasteiger partial charge on any atom is -0.384 e. The molecule has 1 rings (SSSR count). The molecular weight excluding hydrogens is 170 g/mol. The molecule has 1 aromatic rings. The first-order chi connectivity index (χ1) is 6.38. The Labute approximate surface area is 77.7 Å². The van der Waals surface area contributed by atoms with E-state index in [1.54, 1.807) is 20.5 Å². The van der Waals surface area contributed by atoms with Gasteiger partial charge in [0.2, 0.25) is 0 Å². The summed E-state index contributed by atoms with van der Waals surface area (Å²) in [4.78, 5) is 0. The maximum absolute atomic E-state index is 4.97. The molecule has 1 heterocycles.